The molecule has 0 unspecified atom stereocenters. The van der Waals surface area contributed by atoms with E-state index in [1.165, 1.54) is 18.0 Å². The summed E-state index contributed by atoms with van der Waals surface area (Å²) in [4.78, 5) is 8.38. The van der Waals surface area contributed by atoms with Crippen LogP contribution in [0.3, 0.4) is 0 Å². The number of hydrogen-bond donors (Lipinski definition) is 1. The molecule has 0 saturated heterocycles. The third-order valence-corrected chi connectivity index (χ3v) is 4.39. The molecule has 1 N–H and O–H groups in total. The Bertz CT molecular complexity index is 851. The molecule has 0 radical (unpaired) electrons. The van der Waals surface area contributed by atoms with E-state index in [1.807, 2.05) is 0 Å². The molecule has 24 heavy (non-hydrogen) atoms. The van der Waals surface area contributed by atoms with Gasteiger partial charge in [-0.2, -0.15) is 13.2 Å². The van der Waals surface area contributed by atoms with Crippen molar-refractivity contribution >= 4 is 28.6 Å². The van der Waals surface area contributed by atoms with Crippen LogP contribution in [0.25, 0.3) is 16.8 Å². The van der Waals surface area contributed by atoms with Crippen LogP contribution in [0.2, 0.25) is 0 Å². The average Bonchev–Trinajstić information content (AvgIpc) is 3.00. The van der Waals surface area contributed by atoms with Crippen LogP contribution in [-0.2, 0) is 6.18 Å². The Balaban J connectivity index is 2.04. The molecule has 0 saturated carbocycles. The first-order valence-electron chi connectivity index (χ1n) is 7.33. The third kappa shape index (κ3) is 3.29. The van der Waals surface area contributed by atoms with Crippen molar-refractivity contribution in [2.45, 2.75) is 30.5 Å². The van der Waals surface area contributed by atoms with Gasteiger partial charge in [-0.1, -0.05) is 6.42 Å². The minimum Gasteiger partial charge on any atom is -0.396 e. The second kappa shape index (κ2) is 6.89. The molecule has 0 fully saturated rings. The fraction of sp³-hybridized carbons (Fsp3) is 0.429. The molecular formula is C14H14F3N5OS. The lowest BCUT2D eigenvalue weighted by molar-refractivity contribution is -0.145. The summed E-state index contributed by atoms with van der Waals surface area (Å²) in [5.41, 5.74) is 0.489. The molecule has 0 atom stereocenters. The smallest absolute Gasteiger partial charge is 0.396 e. The van der Waals surface area contributed by atoms with Crippen LogP contribution in [0.4, 0.5) is 13.2 Å². The summed E-state index contributed by atoms with van der Waals surface area (Å²) >= 11 is 1.33. The van der Waals surface area contributed by atoms with Crippen LogP contribution in [-0.4, -0.2) is 42.0 Å². The molecular weight excluding hydrogens is 343 g/mol. The lowest BCUT2D eigenvalue weighted by Gasteiger charge is -2.08. The molecule has 3 aromatic heterocycles. The Morgan fingerprint density at radius 1 is 1.12 bits per heavy atom. The first-order chi connectivity index (χ1) is 11.5. The quantitative estimate of drug-likeness (QED) is 0.540. The van der Waals surface area contributed by atoms with E-state index in [9.17, 15) is 13.2 Å². The fourth-order valence-corrected chi connectivity index (χ4v) is 3.24. The molecule has 0 amide bonds. The average molecular weight is 357 g/mol. The number of halogens is 3. The van der Waals surface area contributed by atoms with Crippen LogP contribution in [0, 0.1) is 0 Å². The number of alkyl halides is 3. The van der Waals surface area contributed by atoms with Gasteiger partial charge in [0.15, 0.2) is 11.3 Å². The summed E-state index contributed by atoms with van der Waals surface area (Å²) < 4.78 is 40.5. The van der Waals surface area contributed by atoms with E-state index in [0.717, 1.165) is 17.2 Å². The molecule has 0 aliphatic heterocycles. The van der Waals surface area contributed by atoms with Crippen LogP contribution in [0.15, 0.2) is 23.4 Å². The van der Waals surface area contributed by atoms with Gasteiger partial charge in [-0.15, -0.1) is 22.0 Å². The highest BCUT2D eigenvalue weighted by Crippen LogP contribution is 2.32. The number of unbranched alkanes of at least 4 members (excludes halogenated alkanes) is 2. The lowest BCUT2D eigenvalue weighted by Crippen LogP contribution is -2.12. The van der Waals surface area contributed by atoms with Gasteiger partial charge >= 0.3 is 6.18 Å². The summed E-state index contributed by atoms with van der Waals surface area (Å²) in [6.45, 7) is 0.133. The predicted molar refractivity (Wildman–Crippen MR) is 82.7 cm³/mol. The minimum absolute atomic E-state index is 0.0562. The van der Waals surface area contributed by atoms with Gasteiger partial charge in [-0.05, 0) is 30.7 Å². The molecule has 0 spiro atoms. The number of hydrogen-bond acceptors (Lipinski definition) is 6. The summed E-state index contributed by atoms with van der Waals surface area (Å²) in [6.07, 6.45) is -0.854. The topological polar surface area (TPSA) is 76.2 Å². The number of nitrogens with zero attached hydrogens (tertiary/aromatic N) is 5. The maximum absolute atomic E-state index is 13.2. The first-order valence-corrected chi connectivity index (χ1v) is 8.31. The molecule has 3 rings (SSSR count). The summed E-state index contributed by atoms with van der Waals surface area (Å²) in [5.74, 6) is -0.437. The van der Waals surface area contributed by atoms with E-state index in [-0.39, 0.29) is 17.9 Å². The molecule has 0 aromatic carbocycles. The number of thioether (sulfide) groups is 1. The standard InChI is InChI=1S/C14H14F3N5OS/c15-14(16,17)13-21-20-11-12(24-8-3-1-2-7-23)19-9-5-4-6-18-10(9)22(11)13/h4-6,23H,1-3,7-8H2. The summed E-state index contributed by atoms with van der Waals surface area (Å²) in [6, 6.07) is 3.23. The minimum atomic E-state index is -4.63. The van der Waals surface area contributed by atoms with E-state index in [1.54, 1.807) is 12.1 Å². The van der Waals surface area contributed by atoms with Gasteiger partial charge in [0.05, 0.1) is 0 Å². The van der Waals surface area contributed by atoms with Crippen molar-refractivity contribution in [2.75, 3.05) is 12.4 Å². The van der Waals surface area contributed by atoms with E-state index in [2.05, 4.69) is 20.2 Å². The highest BCUT2D eigenvalue weighted by Gasteiger charge is 2.38. The van der Waals surface area contributed by atoms with Gasteiger partial charge in [0, 0.05) is 12.8 Å². The maximum Gasteiger partial charge on any atom is 0.452 e. The Hall–Kier alpha value is -1.94. The zero-order chi connectivity index (χ0) is 17.2. The number of aromatic nitrogens is 5. The van der Waals surface area contributed by atoms with Crippen molar-refractivity contribution in [3.05, 3.63) is 24.2 Å². The van der Waals surface area contributed by atoms with E-state index in [4.69, 9.17) is 5.11 Å². The Labute approximate surface area is 139 Å². The first kappa shape index (κ1) is 16.9. The molecule has 10 heteroatoms. The Kier molecular flexibility index (Phi) is 4.86. The van der Waals surface area contributed by atoms with Gasteiger partial charge in [0.2, 0.25) is 5.82 Å². The molecule has 0 aliphatic carbocycles. The SMILES string of the molecule is OCCCCCSc1nc2cccnc2n2c(C(F)(F)F)nnc12. The van der Waals surface area contributed by atoms with Gasteiger partial charge in [0.25, 0.3) is 0 Å². The zero-order valence-electron chi connectivity index (χ0n) is 12.5. The van der Waals surface area contributed by atoms with Crippen molar-refractivity contribution in [2.24, 2.45) is 0 Å². The second-order valence-electron chi connectivity index (χ2n) is 5.08. The van der Waals surface area contributed by atoms with Crippen molar-refractivity contribution in [3.8, 4) is 0 Å². The van der Waals surface area contributed by atoms with Crippen LogP contribution >= 0.6 is 11.8 Å². The maximum atomic E-state index is 13.2. The van der Waals surface area contributed by atoms with Gasteiger partial charge in [-0.25, -0.2) is 9.97 Å². The highest BCUT2D eigenvalue weighted by molar-refractivity contribution is 7.99. The molecule has 3 heterocycles. The number of pyridine rings is 1. The molecule has 3 aromatic rings. The van der Waals surface area contributed by atoms with Gasteiger partial charge in [-0.3, -0.25) is 4.40 Å². The lowest BCUT2D eigenvalue weighted by atomic mass is 10.3. The number of aliphatic hydroxyl groups is 1. The second-order valence-corrected chi connectivity index (χ2v) is 6.16. The summed E-state index contributed by atoms with van der Waals surface area (Å²) in [5, 5.41) is 16.1. The molecule has 0 bridgehead atoms. The van der Waals surface area contributed by atoms with E-state index in [0.29, 0.717) is 22.7 Å². The van der Waals surface area contributed by atoms with Gasteiger partial charge in [0.1, 0.15) is 10.5 Å². The normalized spacial score (nSPS) is 12.3. The van der Waals surface area contributed by atoms with Crippen LogP contribution < -0.4 is 0 Å². The van der Waals surface area contributed by atoms with Crippen LogP contribution in [0.1, 0.15) is 25.1 Å². The van der Waals surface area contributed by atoms with Crippen molar-refractivity contribution in [1.82, 2.24) is 24.6 Å². The summed E-state index contributed by atoms with van der Waals surface area (Å²) in [7, 11) is 0. The van der Waals surface area contributed by atoms with E-state index >= 15 is 0 Å². The van der Waals surface area contributed by atoms with Crippen molar-refractivity contribution in [3.63, 3.8) is 0 Å². The monoisotopic (exact) mass is 357 g/mol. The molecule has 0 aliphatic rings. The zero-order valence-corrected chi connectivity index (χ0v) is 13.3. The Morgan fingerprint density at radius 3 is 2.71 bits per heavy atom. The largest absolute Gasteiger partial charge is 0.452 e. The highest BCUT2D eigenvalue weighted by atomic mass is 32.2. The van der Waals surface area contributed by atoms with E-state index < -0.39 is 12.0 Å². The third-order valence-electron chi connectivity index (χ3n) is 3.35. The Morgan fingerprint density at radius 2 is 1.96 bits per heavy atom. The number of aliphatic hydroxyl groups excluding tert-OH is 1. The van der Waals surface area contributed by atoms with Crippen molar-refractivity contribution in [1.29, 1.82) is 0 Å². The fourth-order valence-electron chi connectivity index (χ4n) is 2.27. The molecule has 128 valence electrons. The number of rotatable bonds is 6. The number of fused-ring (bicyclic) bond motifs is 3. The van der Waals surface area contributed by atoms with Gasteiger partial charge < -0.3 is 5.11 Å². The van der Waals surface area contributed by atoms with Crippen LogP contribution in [0.5, 0.6) is 0 Å². The predicted octanol–water partition coefficient (Wildman–Crippen LogP) is 2.95. The van der Waals surface area contributed by atoms with Crippen molar-refractivity contribution < 1.29 is 18.3 Å². The molecule has 6 nitrogen and oxygen atoms in total.